The van der Waals surface area contributed by atoms with Gasteiger partial charge < -0.3 is 0 Å². The number of carbonyl (C=O) groups is 1. The summed E-state index contributed by atoms with van der Waals surface area (Å²) in [6, 6.07) is 8.00. The van der Waals surface area contributed by atoms with Gasteiger partial charge in [0, 0.05) is 18.2 Å². The second-order valence-electron chi connectivity index (χ2n) is 5.82. The van der Waals surface area contributed by atoms with Gasteiger partial charge in [0.05, 0.1) is 11.6 Å². The van der Waals surface area contributed by atoms with Crippen molar-refractivity contribution in [1.82, 2.24) is 9.80 Å². The Morgan fingerprint density at radius 1 is 1.20 bits per heavy atom. The highest BCUT2D eigenvalue weighted by Gasteiger charge is 2.29. The van der Waals surface area contributed by atoms with Gasteiger partial charge in [-0.05, 0) is 51.0 Å². The van der Waals surface area contributed by atoms with Crippen LogP contribution in [0.25, 0.3) is 0 Å². The maximum absolute atomic E-state index is 12.4. The lowest BCUT2D eigenvalue weighted by atomic mass is 10.1. The van der Waals surface area contributed by atoms with Crippen molar-refractivity contribution in [2.45, 2.75) is 25.3 Å². The molecule has 0 bridgehead atoms. The van der Waals surface area contributed by atoms with Crippen LogP contribution in [0, 0.1) is 0 Å². The van der Waals surface area contributed by atoms with Gasteiger partial charge >= 0.3 is 0 Å². The minimum atomic E-state index is 0.141. The second kappa shape index (κ2) is 6.25. The van der Waals surface area contributed by atoms with Gasteiger partial charge in [-0.15, -0.1) is 0 Å². The first-order chi connectivity index (χ1) is 9.74. The summed E-state index contributed by atoms with van der Waals surface area (Å²) in [4.78, 5) is 17.3. The summed E-state index contributed by atoms with van der Waals surface area (Å²) in [6.07, 6.45) is 3.74. The Kier molecular flexibility index (Phi) is 4.39. The molecule has 3 rings (SSSR count). The third kappa shape index (κ3) is 3.05. The lowest BCUT2D eigenvalue weighted by molar-refractivity contribution is 0.0925. The maximum Gasteiger partial charge on any atom is 0.178 e. The van der Waals surface area contributed by atoms with E-state index in [-0.39, 0.29) is 5.78 Å². The Labute approximate surface area is 125 Å². The molecule has 1 aromatic rings. The van der Waals surface area contributed by atoms with Gasteiger partial charge in [0.25, 0.3) is 0 Å². The highest BCUT2D eigenvalue weighted by atomic mass is 35.5. The van der Waals surface area contributed by atoms with Crippen molar-refractivity contribution in [3.8, 4) is 0 Å². The van der Waals surface area contributed by atoms with Gasteiger partial charge in [-0.25, -0.2) is 0 Å². The summed E-state index contributed by atoms with van der Waals surface area (Å²) < 4.78 is 0. The van der Waals surface area contributed by atoms with Crippen LogP contribution in [0.2, 0.25) is 5.02 Å². The fourth-order valence-corrected chi connectivity index (χ4v) is 3.64. The van der Waals surface area contributed by atoms with Crippen molar-refractivity contribution < 1.29 is 4.79 Å². The molecule has 3 nitrogen and oxygen atoms in total. The van der Waals surface area contributed by atoms with E-state index in [1.54, 1.807) is 6.07 Å². The van der Waals surface area contributed by atoms with Crippen LogP contribution in [0.4, 0.5) is 0 Å². The third-order valence-electron chi connectivity index (χ3n) is 4.43. The molecule has 0 spiro atoms. The van der Waals surface area contributed by atoms with E-state index in [9.17, 15) is 4.79 Å². The summed E-state index contributed by atoms with van der Waals surface area (Å²) in [5.41, 5.74) is 0.654. The summed E-state index contributed by atoms with van der Waals surface area (Å²) >= 11 is 6.11. The average Bonchev–Trinajstić information content (AvgIpc) is 2.78. The van der Waals surface area contributed by atoms with Crippen molar-refractivity contribution in [3.63, 3.8) is 0 Å². The number of Topliss-reactive ketones (excluding diaryl/α,β-unsaturated/α-hetero) is 1. The normalized spacial score (nSPS) is 24.4. The van der Waals surface area contributed by atoms with E-state index in [4.69, 9.17) is 11.6 Å². The van der Waals surface area contributed by atoms with E-state index in [1.807, 2.05) is 18.2 Å². The average molecular weight is 293 g/mol. The number of ketones is 1. The number of hydrogen-bond donors (Lipinski definition) is 0. The minimum absolute atomic E-state index is 0.141. The topological polar surface area (TPSA) is 23.6 Å². The van der Waals surface area contributed by atoms with E-state index in [0.29, 0.717) is 23.2 Å². The molecular formula is C16H21ClN2O. The van der Waals surface area contributed by atoms with Crippen LogP contribution < -0.4 is 0 Å². The minimum Gasteiger partial charge on any atom is -0.299 e. The molecule has 2 heterocycles. The van der Waals surface area contributed by atoms with Gasteiger partial charge in [0.2, 0.25) is 0 Å². The number of halogens is 1. The highest BCUT2D eigenvalue weighted by Crippen LogP contribution is 2.22. The van der Waals surface area contributed by atoms with Crippen molar-refractivity contribution in [1.29, 1.82) is 0 Å². The van der Waals surface area contributed by atoms with Crippen LogP contribution in [0.3, 0.4) is 0 Å². The summed E-state index contributed by atoms with van der Waals surface area (Å²) in [6.45, 7) is 4.95. The van der Waals surface area contributed by atoms with Crippen LogP contribution in [0.1, 0.15) is 29.6 Å². The Morgan fingerprint density at radius 3 is 2.85 bits per heavy atom. The van der Waals surface area contributed by atoms with Crippen LogP contribution >= 0.6 is 11.6 Å². The number of benzene rings is 1. The Morgan fingerprint density at radius 2 is 2.00 bits per heavy atom. The number of hydrogen-bond acceptors (Lipinski definition) is 3. The number of fused-ring (bicyclic) bond motifs is 1. The molecule has 2 saturated heterocycles. The molecule has 0 saturated carbocycles. The zero-order valence-corrected chi connectivity index (χ0v) is 12.5. The predicted molar refractivity (Wildman–Crippen MR) is 81.4 cm³/mol. The fraction of sp³-hybridized carbons (Fsp3) is 0.562. The molecule has 2 aliphatic heterocycles. The molecule has 0 aromatic heterocycles. The molecule has 1 atom stereocenters. The van der Waals surface area contributed by atoms with Crippen molar-refractivity contribution >= 4 is 17.4 Å². The monoisotopic (exact) mass is 292 g/mol. The van der Waals surface area contributed by atoms with Crippen molar-refractivity contribution in [3.05, 3.63) is 34.9 Å². The Bertz CT molecular complexity index is 491. The first-order valence-electron chi connectivity index (χ1n) is 7.48. The standard InChI is InChI=1S/C16H21ClN2O/c17-15-7-2-1-6-14(15)16(20)12-18-8-4-10-19-9-3-5-13(19)11-18/h1-2,6-7,13H,3-5,8-12H2. The molecule has 2 aliphatic rings. The Hall–Kier alpha value is -0.900. The summed E-state index contributed by atoms with van der Waals surface area (Å²) in [5, 5.41) is 0.565. The highest BCUT2D eigenvalue weighted by molar-refractivity contribution is 6.34. The molecule has 0 amide bonds. The fourth-order valence-electron chi connectivity index (χ4n) is 3.40. The van der Waals surface area contributed by atoms with Crippen LogP contribution in [-0.2, 0) is 0 Å². The molecule has 1 aromatic carbocycles. The summed E-state index contributed by atoms with van der Waals surface area (Å²) in [5.74, 6) is 0.141. The number of nitrogens with zero attached hydrogens (tertiary/aromatic N) is 2. The number of carbonyl (C=O) groups excluding carboxylic acids is 1. The van der Waals surface area contributed by atoms with Gasteiger partial charge in [-0.1, -0.05) is 23.7 Å². The first kappa shape index (κ1) is 14.1. The lowest BCUT2D eigenvalue weighted by Gasteiger charge is -2.25. The third-order valence-corrected chi connectivity index (χ3v) is 4.76. The first-order valence-corrected chi connectivity index (χ1v) is 7.86. The van der Waals surface area contributed by atoms with E-state index in [0.717, 1.165) is 19.5 Å². The van der Waals surface area contributed by atoms with Crippen molar-refractivity contribution in [2.75, 3.05) is 32.7 Å². The number of rotatable bonds is 3. The van der Waals surface area contributed by atoms with Gasteiger partial charge in [0.1, 0.15) is 0 Å². The molecule has 108 valence electrons. The molecule has 0 aliphatic carbocycles. The Balaban J connectivity index is 1.65. The van der Waals surface area contributed by atoms with Crippen LogP contribution in [0.15, 0.2) is 24.3 Å². The van der Waals surface area contributed by atoms with Gasteiger partial charge in [-0.3, -0.25) is 14.6 Å². The quantitative estimate of drug-likeness (QED) is 0.800. The molecule has 0 N–H and O–H groups in total. The van der Waals surface area contributed by atoms with E-state index < -0.39 is 0 Å². The molecule has 2 fully saturated rings. The smallest absolute Gasteiger partial charge is 0.178 e. The van der Waals surface area contributed by atoms with Crippen LogP contribution in [0.5, 0.6) is 0 Å². The lowest BCUT2D eigenvalue weighted by Crippen LogP contribution is -2.38. The SMILES string of the molecule is O=C(CN1CCCN2CCCC2C1)c1ccccc1Cl. The van der Waals surface area contributed by atoms with Gasteiger partial charge in [0.15, 0.2) is 5.78 Å². The zero-order valence-electron chi connectivity index (χ0n) is 11.7. The van der Waals surface area contributed by atoms with Crippen molar-refractivity contribution in [2.24, 2.45) is 0 Å². The van der Waals surface area contributed by atoms with Gasteiger partial charge in [-0.2, -0.15) is 0 Å². The molecule has 1 unspecified atom stereocenters. The predicted octanol–water partition coefficient (Wildman–Crippen LogP) is 2.69. The largest absolute Gasteiger partial charge is 0.299 e. The molecule has 0 radical (unpaired) electrons. The summed E-state index contributed by atoms with van der Waals surface area (Å²) in [7, 11) is 0. The van der Waals surface area contributed by atoms with E-state index >= 15 is 0 Å². The maximum atomic E-state index is 12.4. The molecular weight excluding hydrogens is 272 g/mol. The second-order valence-corrected chi connectivity index (χ2v) is 6.23. The van der Waals surface area contributed by atoms with Crippen LogP contribution in [-0.4, -0.2) is 54.3 Å². The molecule has 20 heavy (non-hydrogen) atoms. The molecule has 4 heteroatoms. The van der Waals surface area contributed by atoms with E-state index in [2.05, 4.69) is 9.80 Å². The van der Waals surface area contributed by atoms with E-state index in [1.165, 1.54) is 25.9 Å². The zero-order chi connectivity index (χ0) is 13.9.